The number of imidazole rings is 1. The Bertz CT molecular complexity index is 183. The Morgan fingerprint density at radius 3 is 2.23 bits per heavy atom. The number of hydrogen-bond donors (Lipinski definition) is 1. The number of aromatic nitrogens is 2. The first kappa shape index (κ1) is 18.8. The largest absolute Gasteiger partial charge is 4.00 e. The third kappa shape index (κ3) is 12.2. The minimum Gasteiger partial charge on any atom is -1.00 e. The van der Waals surface area contributed by atoms with Crippen LogP contribution in [0.2, 0.25) is 0 Å². The van der Waals surface area contributed by atoms with E-state index in [4.69, 9.17) is 0 Å². The molecular formula is C8H8Cl2N2Zr. The molecule has 2 rings (SSSR count). The van der Waals surface area contributed by atoms with Gasteiger partial charge in [0.1, 0.15) is 0 Å². The summed E-state index contributed by atoms with van der Waals surface area (Å²) in [5.74, 6) is 0. The molecule has 1 aromatic heterocycles. The summed E-state index contributed by atoms with van der Waals surface area (Å²) in [6.45, 7) is 0. The van der Waals surface area contributed by atoms with E-state index in [0.29, 0.717) is 0 Å². The number of hydrogen-bond acceptors (Lipinski definition) is 1. The van der Waals surface area contributed by atoms with Gasteiger partial charge in [-0.25, -0.2) is 12.2 Å². The zero-order valence-electron chi connectivity index (χ0n) is 6.80. The SMILES string of the molecule is [C-]1=CC=CC1.[Cl-].[Cl-].[Zr+4].[c-]1ncc[nH]1. The summed E-state index contributed by atoms with van der Waals surface area (Å²) >= 11 is 0. The fourth-order valence-electron chi connectivity index (χ4n) is 0.527. The minimum atomic E-state index is 0. The maximum absolute atomic E-state index is 3.54. The molecule has 5 heteroatoms. The Labute approximate surface area is 110 Å². The molecule has 1 aliphatic rings. The number of nitrogens with zero attached hydrogens (tertiary/aromatic N) is 1. The molecule has 0 saturated heterocycles. The molecule has 0 bridgehead atoms. The molecule has 1 heterocycles. The molecule has 0 fully saturated rings. The summed E-state index contributed by atoms with van der Waals surface area (Å²) in [5.41, 5.74) is 0. The topological polar surface area (TPSA) is 28.7 Å². The zero-order valence-corrected chi connectivity index (χ0v) is 10.8. The van der Waals surface area contributed by atoms with Crippen LogP contribution < -0.4 is 24.8 Å². The van der Waals surface area contributed by atoms with Crippen LogP contribution in [0.15, 0.2) is 30.6 Å². The normalized spacial score (nSPS) is 9.85. The summed E-state index contributed by atoms with van der Waals surface area (Å²) in [6, 6.07) is 0. The summed E-state index contributed by atoms with van der Waals surface area (Å²) in [5, 5.41) is 0. The molecule has 1 N–H and O–H groups in total. The quantitative estimate of drug-likeness (QED) is 0.480. The predicted molar refractivity (Wildman–Crippen MR) is 39.0 cm³/mol. The third-order valence-corrected chi connectivity index (χ3v) is 0.947. The maximum Gasteiger partial charge on any atom is 4.00 e. The molecule has 0 radical (unpaired) electrons. The van der Waals surface area contributed by atoms with E-state index in [1.165, 1.54) is 0 Å². The number of rotatable bonds is 0. The summed E-state index contributed by atoms with van der Waals surface area (Å²) in [4.78, 5) is 6.17. The van der Waals surface area contributed by atoms with Crippen LogP contribution in [0.4, 0.5) is 0 Å². The van der Waals surface area contributed by atoms with Gasteiger partial charge in [-0.1, -0.05) is 0 Å². The van der Waals surface area contributed by atoms with Crippen LogP contribution in [0.3, 0.4) is 0 Å². The smallest absolute Gasteiger partial charge is 1.00 e. The second-order valence-corrected chi connectivity index (χ2v) is 1.70. The standard InChI is InChI=1S/C5H5.C3H3N2.2ClH.Zr/c1-2-4-5-3-1;1-2-5-3-4-1;;;/h1-3H,4H2;1-2H,(H,4,5);2*1H;/q2*-1;;;+4/p-2. The second kappa shape index (κ2) is 14.7. The van der Waals surface area contributed by atoms with E-state index in [1.54, 1.807) is 12.4 Å². The number of aromatic amines is 1. The van der Waals surface area contributed by atoms with Gasteiger partial charge < -0.3 is 34.8 Å². The maximum atomic E-state index is 3.54. The van der Waals surface area contributed by atoms with Crippen molar-refractivity contribution in [3.05, 3.63) is 43.0 Å². The molecule has 1 aromatic rings. The Morgan fingerprint density at radius 2 is 2.08 bits per heavy atom. The molecule has 0 aliphatic heterocycles. The molecule has 0 atom stereocenters. The fraction of sp³-hybridized carbons (Fsp3) is 0.125. The number of H-pyrrole nitrogens is 1. The molecule has 13 heavy (non-hydrogen) atoms. The number of allylic oxidation sites excluding steroid dienone is 4. The van der Waals surface area contributed by atoms with Gasteiger partial charge in [0.2, 0.25) is 0 Å². The molecule has 0 unspecified atom stereocenters. The van der Waals surface area contributed by atoms with E-state index in [0.717, 1.165) is 6.42 Å². The van der Waals surface area contributed by atoms with Crippen molar-refractivity contribution in [3.8, 4) is 0 Å². The zero-order chi connectivity index (χ0) is 7.07. The first-order valence-corrected chi connectivity index (χ1v) is 3.07. The van der Waals surface area contributed by atoms with Crippen LogP contribution >= 0.6 is 0 Å². The van der Waals surface area contributed by atoms with Crippen molar-refractivity contribution < 1.29 is 51.0 Å². The van der Waals surface area contributed by atoms with Crippen molar-refractivity contribution in [3.63, 3.8) is 0 Å². The molecule has 68 valence electrons. The Morgan fingerprint density at radius 1 is 1.31 bits per heavy atom. The van der Waals surface area contributed by atoms with Gasteiger partial charge in [0.15, 0.2) is 0 Å². The van der Waals surface area contributed by atoms with Gasteiger partial charge in [-0.15, -0.1) is 18.8 Å². The molecule has 0 aromatic carbocycles. The van der Waals surface area contributed by atoms with Crippen LogP contribution in [0.1, 0.15) is 6.42 Å². The van der Waals surface area contributed by atoms with E-state index in [9.17, 15) is 0 Å². The fourth-order valence-corrected chi connectivity index (χ4v) is 0.527. The van der Waals surface area contributed by atoms with Gasteiger partial charge in [0.25, 0.3) is 0 Å². The van der Waals surface area contributed by atoms with Crippen LogP contribution in [-0.4, -0.2) is 9.97 Å². The van der Waals surface area contributed by atoms with Crippen molar-refractivity contribution in [2.24, 2.45) is 0 Å². The van der Waals surface area contributed by atoms with Crippen molar-refractivity contribution in [2.75, 3.05) is 0 Å². The molecule has 1 aliphatic carbocycles. The Balaban J connectivity index is -0.000000125. The Kier molecular flexibility index (Phi) is 21.3. The van der Waals surface area contributed by atoms with Crippen LogP contribution in [0.5, 0.6) is 0 Å². The predicted octanol–water partition coefficient (Wildman–Crippen LogP) is -4.48. The monoisotopic (exact) mass is 292 g/mol. The van der Waals surface area contributed by atoms with Gasteiger partial charge in [0, 0.05) is 0 Å². The minimum absolute atomic E-state index is 0. The molecule has 0 saturated carbocycles. The second-order valence-electron chi connectivity index (χ2n) is 1.70. The van der Waals surface area contributed by atoms with E-state index in [2.05, 4.69) is 28.4 Å². The summed E-state index contributed by atoms with van der Waals surface area (Å²) in [6.07, 6.45) is 15.8. The first-order chi connectivity index (χ1) is 5.00. The molecule has 0 spiro atoms. The number of nitrogens with one attached hydrogen (secondary N) is 1. The van der Waals surface area contributed by atoms with Crippen molar-refractivity contribution in [2.45, 2.75) is 6.42 Å². The van der Waals surface area contributed by atoms with Crippen molar-refractivity contribution in [1.82, 2.24) is 9.97 Å². The molecular weight excluding hydrogens is 286 g/mol. The number of halogens is 2. The van der Waals surface area contributed by atoms with Gasteiger partial charge in [0.05, 0.1) is 0 Å². The van der Waals surface area contributed by atoms with Gasteiger partial charge in [-0.2, -0.15) is 6.08 Å². The first-order valence-electron chi connectivity index (χ1n) is 3.07. The Hall–Kier alpha value is 0.153. The third-order valence-electron chi connectivity index (χ3n) is 0.947. The summed E-state index contributed by atoms with van der Waals surface area (Å²) in [7, 11) is 0. The average Bonchev–Trinajstić information content (AvgIpc) is 2.67. The molecule has 0 amide bonds. The van der Waals surface area contributed by atoms with Gasteiger partial charge >= 0.3 is 26.2 Å². The van der Waals surface area contributed by atoms with Crippen molar-refractivity contribution in [1.29, 1.82) is 0 Å². The van der Waals surface area contributed by atoms with Crippen LogP contribution in [0, 0.1) is 12.4 Å². The molecule has 2 nitrogen and oxygen atoms in total. The van der Waals surface area contributed by atoms with Gasteiger partial charge in [-0.3, -0.25) is 6.08 Å². The van der Waals surface area contributed by atoms with Crippen molar-refractivity contribution >= 4 is 0 Å². The van der Waals surface area contributed by atoms with E-state index >= 15 is 0 Å². The average molecular weight is 294 g/mol. The van der Waals surface area contributed by atoms with Crippen LogP contribution in [0.25, 0.3) is 0 Å². The van der Waals surface area contributed by atoms with E-state index in [1.807, 2.05) is 12.2 Å². The van der Waals surface area contributed by atoms with Gasteiger partial charge in [-0.05, 0) is 6.33 Å². The summed E-state index contributed by atoms with van der Waals surface area (Å²) < 4.78 is 0. The van der Waals surface area contributed by atoms with E-state index < -0.39 is 0 Å². The van der Waals surface area contributed by atoms with Crippen LogP contribution in [-0.2, 0) is 26.2 Å². The van der Waals surface area contributed by atoms with E-state index in [-0.39, 0.29) is 51.0 Å².